The molecule has 122 valence electrons. The second kappa shape index (κ2) is 6.45. The van der Waals surface area contributed by atoms with Gasteiger partial charge in [0.1, 0.15) is 5.69 Å². The van der Waals surface area contributed by atoms with E-state index in [-0.39, 0.29) is 0 Å². The quantitative estimate of drug-likeness (QED) is 0.741. The Morgan fingerprint density at radius 2 is 1.67 bits per heavy atom. The highest BCUT2D eigenvalue weighted by Gasteiger charge is 2.16. The van der Waals surface area contributed by atoms with Crippen LogP contribution in [0.2, 0.25) is 0 Å². The third-order valence-electron chi connectivity index (χ3n) is 4.42. The van der Waals surface area contributed by atoms with E-state index in [2.05, 4.69) is 33.7 Å². The zero-order valence-corrected chi connectivity index (χ0v) is 13.8. The van der Waals surface area contributed by atoms with Crippen LogP contribution in [0.15, 0.2) is 66.0 Å². The van der Waals surface area contributed by atoms with Crippen molar-refractivity contribution >= 4 is 11.4 Å². The van der Waals surface area contributed by atoms with E-state index in [4.69, 9.17) is 4.99 Å². The fourth-order valence-electron chi connectivity index (χ4n) is 3.05. The summed E-state index contributed by atoms with van der Waals surface area (Å²) in [6.45, 7) is 2.15. The molecule has 3 heterocycles. The molecular weight excluding hydrogens is 298 g/mol. The van der Waals surface area contributed by atoms with Crippen LogP contribution in [0.1, 0.15) is 12.8 Å². The van der Waals surface area contributed by atoms with Crippen LogP contribution in [0.25, 0.3) is 11.5 Å². The molecule has 1 aliphatic rings. The van der Waals surface area contributed by atoms with Gasteiger partial charge in [0, 0.05) is 31.2 Å². The maximum Gasteiger partial charge on any atom is 0.166 e. The molecule has 5 nitrogen and oxygen atoms in total. The summed E-state index contributed by atoms with van der Waals surface area (Å²) < 4.78 is 4.03. The number of hydrogen-bond acceptors (Lipinski definition) is 3. The van der Waals surface area contributed by atoms with E-state index in [1.807, 2.05) is 53.6 Å². The first-order chi connectivity index (χ1) is 11.8. The molecule has 1 saturated heterocycles. The van der Waals surface area contributed by atoms with Crippen LogP contribution >= 0.6 is 0 Å². The Bertz CT molecular complexity index is 820. The van der Waals surface area contributed by atoms with E-state index in [1.165, 1.54) is 5.71 Å². The summed E-state index contributed by atoms with van der Waals surface area (Å²) in [7, 11) is 2.16. The van der Waals surface area contributed by atoms with Crippen molar-refractivity contribution in [3.63, 3.8) is 0 Å². The molecule has 0 radical (unpaired) electrons. The Balaban J connectivity index is 1.78. The third-order valence-corrected chi connectivity index (χ3v) is 4.42. The molecule has 1 aliphatic heterocycles. The van der Waals surface area contributed by atoms with Crippen LogP contribution < -0.4 is 0 Å². The molecule has 4 rings (SSSR count). The minimum absolute atomic E-state index is 0.926. The van der Waals surface area contributed by atoms with E-state index in [0.717, 1.165) is 43.1 Å². The Labute approximate surface area is 141 Å². The fourth-order valence-corrected chi connectivity index (χ4v) is 3.05. The van der Waals surface area contributed by atoms with Crippen LogP contribution in [0, 0.1) is 0 Å². The van der Waals surface area contributed by atoms with Gasteiger partial charge in [-0.05, 0) is 44.2 Å². The number of hydrogen-bond donors (Lipinski definition) is 0. The van der Waals surface area contributed by atoms with Crippen molar-refractivity contribution < 1.29 is 0 Å². The van der Waals surface area contributed by atoms with Gasteiger partial charge in [0.05, 0.1) is 11.9 Å². The molecule has 1 fully saturated rings. The Morgan fingerprint density at radius 3 is 2.38 bits per heavy atom. The van der Waals surface area contributed by atoms with E-state index >= 15 is 0 Å². The van der Waals surface area contributed by atoms with Gasteiger partial charge in [0.2, 0.25) is 0 Å². The highest BCUT2D eigenvalue weighted by molar-refractivity contribution is 5.88. The lowest BCUT2D eigenvalue weighted by molar-refractivity contribution is 0.336. The molecule has 1 aromatic carbocycles. The highest BCUT2D eigenvalue weighted by atomic mass is 15.3. The molecule has 0 spiro atoms. The molecular formula is C19H21N5. The average molecular weight is 319 g/mol. The van der Waals surface area contributed by atoms with Crippen LogP contribution in [0.3, 0.4) is 0 Å². The summed E-state index contributed by atoms with van der Waals surface area (Å²) >= 11 is 0. The normalized spacial score (nSPS) is 15.6. The summed E-state index contributed by atoms with van der Waals surface area (Å²) in [6, 6.07) is 14.2. The molecule has 5 heteroatoms. The summed E-state index contributed by atoms with van der Waals surface area (Å²) in [4.78, 5) is 7.29. The minimum Gasteiger partial charge on any atom is -0.307 e. The van der Waals surface area contributed by atoms with Crippen LogP contribution in [0.5, 0.6) is 0 Å². The van der Waals surface area contributed by atoms with Gasteiger partial charge >= 0.3 is 0 Å². The molecule has 2 aromatic heterocycles. The molecule has 0 atom stereocenters. The predicted molar refractivity (Wildman–Crippen MR) is 96.7 cm³/mol. The molecule has 0 N–H and O–H groups in total. The number of nitrogens with zero attached hydrogens (tertiary/aromatic N) is 5. The topological polar surface area (TPSA) is 38.4 Å². The van der Waals surface area contributed by atoms with Crippen LogP contribution in [-0.4, -0.2) is 45.1 Å². The van der Waals surface area contributed by atoms with Crippen LogP contribution in [-0.2, 0) is 0 Å². The standard InChI is InChI=1S/C19H21N5/c1-22-13-9-16(10-14-22)21-18-15-20-24(17-7-3-2-4-8-17)19(18)23-11-5-6-12-23/h2-8,11-12,15H,9-10,13-14H2,1H3. The number of benzene rings is 1. The van der Waals surface area contributed by atoms with Crippen molar-refractivity contribution in [3.05, 3.63) is 61.1 Å². The minimum atomic E-state index is 0.926. The van der Waals surface area contributed by atoms with Gasteiger partial charge in [-0.2, -0.15) is 5.10 Å². The lowest BCUT2D eigenvalue weighted by Crippen LogP contribution is -2.30. The number of para-hydroxylation sites is 1. The van der Waals surface area contributed by atoms with E-state index < -0.39 is 0 Å². The number of piperidine rings is 1. The maximum absolute atomic E-state index is 4.94. The lowest BCUT2D eigenvalue weighted by Gasteiger charge is -2.23. The zero-order chi connectivity index (χ0) is 16.4. The number of aromatic nitrogens is 3. The number of aliphatic imine (C=N–C) groups is 1. The Morgan fingerprint density at radius 1 is 0.958 bits per heavy atom. The van der Waals surface area contributed by atoms with Crippen molar-refractivity contribution in [2.45, 2.75) is 12.8 Å². The van der Waals surface area contributed by atoms with Crippen molar-refractivity contribution in [2.75, 3.05) is 20.1 Å². The van der Waals surface area contributed by atoms with Gasteiger partial charge < -0.3 is 9.47 Å². The average Bonchev–Trinajstić information content (AvgIpc) is 3.27. The SMILES string of the molecule is CN1CCC(=Nc2cnn(-c3ccccc3)c2-n2cccc2)CC1. The van der Waals surface area contributed by atoms with Gasteiger partial charge in [0.15, 0.2) is 5.82 Å². The molecule has 0 amide bonds. The summed E-state index contributed by atoms with van der Waals surface area (Å²) in [5.74, 6) is 0.984. The van der Waals surface area contributed by atoms with E-state index in [0.29, 0.717) is 0 Å². The predicted octanol–water partition coefficient (Wildman–Crippen LogP) is 3.46. The van der Waals surface area contributed by atoms with Crippen molar-refractivity contribution in [2.24, 2.45) is 4.99 Å². The third kappa shape index (κ3) is 2.90. The molecule has 3 aromatic rings. The second-order valence-corrected chi connectivity index (χ2v) is 6.17. The first kappa shape index (κ1) is 14.9. The van der Waals surface area contributed by atoms with Crippen LogP contribution in [0.4, 0.5) is 5.69 Å². The van der Waals surface area contributed by atoms with Crippen molar-refractivity contribution in [1.29, 1.82) is 0 Å². The maximum atomic E-state index is 4.94. The van der Waals surface area contributed by atoms with Gasteiger partial charge in [-0.1, -0.05) is 18.2 Å². The smallest absolute Gasteiger partial charge is 0.166 e. The number of rotatable bonds is 3. The second-order valence-electron chi connectivity index (χ2n) is 6.17. The Kier molecular flexibility index (Phi) is 4.01. The van der Waals surface area contributed by atoms with Gasteiger partial charge in [-0.25, -0.2) is 4.68 Å². The van der Waals surface area contributed by atoms with Gasteiger partial charge in [-0.15, -0.1) is 0 Å². The summed E-state index contributed by atoms with van der Waals surface area (Å²) in [6.07, 6.45) is 7.99. The molecule has 0 saturated carbocycles. The summed E-state index contributed by atoms with van der Waals surface area (Å²) in [5, 5.41) is 4.60. The molecule has 0 unspecified atom stereocenters. The first-order valence-corrected chi connectivity index (χ1v) is 8.33. The molecule has 24 heavy (non-hydrogen) atoms. The first-order valence-electron chi connectivity index (χ1n) is 8.33. The Hall–Kier alpha value is -2.66. The lowest BCUT2D eigenvalue weighted by atomic mass is 10.1. The van der Waals surface area contributed by atoms with E-state index in [1.54, 1.807) is 0 Å². The van der Waals surface area contributed by atoms with Crippen molar-refractivity contribution in [1.82, 2.24) is 19.2 Å². The van der Waals surface area contributed by atoms with Gasteiger partial charge in [-0.3, -0.25) is 4.99 Å². The molecule has 0 aliphatic carbocycles. The zero-order valence-electron chi connectivity index (χ0n) is 13.8. The molecule has 0 bridgehead atoms. The number of likely N-dealkylation sites (tertiary alicyclic amines) is 1. The van der Waals surface area contributed by atoms with Gasteiger partial charge in [0.25, 0.3) is 0 Å². The largest absolute Gasteiger partial charge is 0.307 e. The fraction of sp³-hybridized carbons (Fsp3) is 0.263. The van der Waals surface area contributed by atoms with Crippen molar-refractivity contribution in [3.8, 4) is 11.5 Å². The summed E-state index contributed by atoms with van der Waals surface area (Å²) in [5.41, 5.74) is 3.22. The highest BCUT2D eigenvalue weighted by Crippen LogP contribution is 2.27. The monoisotopic (exact) mass is 319 g/mol. The van der Waals surface area contributed by atoms with E-state index in [9.17, 15) is 0 Å².